The van der Waals surface area contributed by atoms with Gasteiger partial charge in [-0.1, -0.05) is 45.9 Å². The van der Waals surface area contributed by atoms with Gasteiger partial charge in [0, 0.05) is 36.7 Å². The van der Waals surface area contributed by atoms with Crippen molar-refractivity contribution in [3.63, 3.8) is 0 Å². The number of aromatic nitrogens is 6. The maximum atomic E-state index is 8.67. The van der Waals surface area contributed by atoms with Gasteiger partial charge in [0.1, 0.15) is 38.6 Å². The van der Waals surface area contributed by atoms with Crippen molar-refractivity contribution in [1.29, 1.82) is 5.26 Å². The van der Waals surface area contributed by atoms with Gasteiger partial charge in [-0.05, 0) is 40.5 Å². The zero-order valence-corrected chi connectivity index (χ0v) is 27.0. The molecule has 0 bridgehead atoms. The van der Waals surface area contributed by atoms with E-state index in [4.69, 9.17) is 38.9 Å². The van der Waals surface area contributed by atoms with Crippen LogP contribution in [0.4, 0.5) is 16.8 Å². The monoisotopic (exact) mass is 603 g/mol. The van der Waals surface area contributed by atoms with E-state index in [0.717, 1.165) is 30.4 Å². The van der Waals surface area contributed by atoms with Gasteiger partial charge in [-0.2, -0.15) is 5.26 Å². The molecule has 5 heterocycles. The summed E-state index contributed by atoms with van der Waals surface area (Å²) in [5.41, 5.74) is 7.22. The summed E-state index contributed by atoms with van der Waals surface area (Å²) in [6.45, 7) is 9.46. The second-order valence-corrected chi connectivity index (χ2v) is 10.7. The molecule has 1 aliphatic heterocycles. The summed E-state index contributed by atoms with van der Waals surface area (Å²) in [7, 11) is 0. The van der Waals surface area contributed by atoms with Crippen molar-refractivity contribution in [1.82, 2.24) is 29.9 Å². The Bertz CT molecular complexity index is 1220. The Morgan fingerprint density at radius 2 is 1.58 bits per heavy atom. The van der Waals surface area contributed by atoms with Crippen molar-refractivity contribution in [3.8, 4) is 6.07 Å². The normalized spacial score (nSPS) is 11.3. The van der Waals surface area contributed by atoms with E-state index in [1.54, 1.807) is 6.07 Å². The predicted molar refractivity (Wildman–Crippen MR) is 151 cm³/mol. The number of nitrogens with one attached hydrogen (secondary N) is 1. The zero-order valence-electron chi connectivity index (χ0n) is 22.8. The van der Waals surface area contributed by atoms with Gasteiger partial charge in [0.2, 0.25) is 0 Å². The van der Waals surface area contributed by atoms with E-state index in [0.29, 0.717) is 36.3 Å². The molecular weight excluding hydrogens is 576 g/mol. The summed E-state index contributed by atoms with van der Waals surface area (Å²) in [6, 6.07) is 5.62. The second-order valence-electron chi connectivity index (χ2n) is 7.43. The Balaban J connectivity index is 0.000000534. The second kappa shape index (κ2) is 18.4. The van der Waals surface area contributed by atoms with Gasteiger partial charge in [0.05, 0.1) is 12.4 Å². The molecule has 4 aromatic heterocycles. The van der Waals surface area contributed by atoms with Crippen LogP contribution in [-0.4, -0.2) is 43.1 Å². The molecule has 1 fully saturated rings. The standard InChI is InChI=1S/C10H9N5S.C6H9N3.C4H8O.C3HCl2NS.Na.H/c1-6-3-9(14-7(2)13-6)15-10-12-5-8(4-11)16-10;1-4-3-6(7)9-5(2)8-4;1-2-4-5-3-1;4-2-1-6-3(5)7-2;;/h3,5H,1-2H3,(H,12,13,14,15);3H,1-2H3,(H2,7,8,9);1-4H2;1H;;/q;;;;+1;-1. The maximum Gasteiger partial charge on any atom is 1.00 e. The number of rotatable bonds is 2. The predicted octanol–water partition coefficient (Wildman–Crippen LogP) is 3.20. The third kappa shape index (κ3) is 14.3. The SMILES string of the molecule is C1CCOC1.Cc1cc(N)nc(C)n1.Cc1cc(Nc2ncc(C#N)s2)nc(C)n1.Clc1cnc(Cl)s1.[H-].[Na+]. The van der Waals surface area contributed by atoms with Gasteiger partial charge in [0.25, 0.3) is 0 Å². The molecule has 0 amide bonds. The number of aryl methyl sites for hydroxylation is 4. The Kier molecular flexibility index (Phi) is 16.5. The maximum absolute atomic E-state index is 8.67. The number of halogens is 2. The van der Waals surface area contributed by atoms with Crippen LogP contribution in [0.1, 0.15) is 42.2 Å². The van der Waals surface area contributed by atoms with E-state index in [9.17, 15) is 0 Å². The van der Waals surface area contributed by atoms with E-state index in [2.05, 4.69) is 35.2 Å². The molecule has 0 radical (unpaired) electrons. The third-order valence-corrected chi connectivity index (χ3v) is 6.13. The fourth-order valence-corrected chi connectivity index (χ4v) is 4.44. The van der Waals surface area contributed by atoms with Crippen molar-refractivity contribution >= 4 is 62.6 Å². The first-order chi connectivity index (χ1) is 17.6. The summed E-state index contributed by atoms with van der Waals surface area (Å²) in [5.74, 6) is 2.68. The van der Waals surface area contributed by atoms with Crippen LogP contribution < -0.4 is 40.6 Å². The quantitative estimate of drug-likeness (QED) is 0.327. The minimum atomic E-state index is 0. The first-order valence-corrected chi connectivity index (χ1v) is 13.4. The van der Waals surface area contributed by atoms with E-state index in [1.807, 2.05) is 39.8 Å². The number of nitriles is 1. The van der Waals surface area contributed by atoms with Gasteiger partial charge >= 0.3 is 29.6 Å². The third-order valence-electron chi connectivity index (χ3n) is 4.08. The van der Waals surface area contributed by atoms with Gasteiger partial charge in [-0.3, -0.25) is 0 Å². The van der Waals surface area contributed by atoms with E-state index in [-0.39, 0.29) is 31.0 Å². The molecule has 0 aliphatic carbocycles. The molecular formula is C23H28Cl2N9NaOS2. The largest absolute Gasteiger partial charge is 1.00 e. The summed E-state index contributed by atoms with van der Waals surface area (Å²) in [6.07, 6.45) is 5.61. The van der Waals surface area contributed by atoms with E-state index >= 15 is 0 Å². The zero-order chi connectivity index (χ0) is 27.2. The van der Waals surface area contributed by atoms with Gasteiger partial charge in [0.15, 0.2) is 9.60 Å². The first kappa shape index (κ1) is 34.1. The molecule has 38 heavy (non-hydrogen) atoms. The van der Waals surface area contributed by atoms with Crippen LogP contribution in [0.2, 0.25) is 8.80 Å². The molecule has 0 aromatic carbocycles. The molecule has 10 nitrogen and oxygen atoms in total. The minimum Gasteiger partial charge on any atom is -1.00 e. The molecule has 4 aromatic rings. The molecule has 5 rings (SSSR count). The van der Waals surface area contributed by atoms with Crippen LogP contribution in [0, 0.1) is 39.0 Å². The fourth-order valence-electron chi connectivity index (χ4n) is 2.76. The van der Waals surface area contributed by atoms with Gasteiger partial charge < -0.3 is 17.2 Å². The molecule has 0 unspecified atom stereocenters. The smallest absolute Gasteiger partial charge is 1.00 e. The molecule has 15 heteroatoms. The Morgan fingerprint density at radius 3 is 1.97 bits per heavy atom. The summed E-state index contributed by atoms with van der Waals surface area (Å²) in [5, 5.41) is 12.4. The fraction of sp³-hybridized carbons (Fsp3) is 0.348. The average Bonchev–Trinajstić information content (AvgIpc) is 3.58. The number of hydrogen-bond donors (Lipinski definition) is 2. The summed E-state index contributed by atoms with van der Waals surface area (Å²) >= 11 is 13.4. The van der Waals surface area contributed by atoms with E-state index in [1.165, 1.54) is 47.9 Å². The van der Waals surface area contributed by atoms with Crippen molar-refractivity contribution in [2.24, 2.45) is 0 Å². The van der Waals surface area contributed by atoms with Crippen LogP contribution in [0.3, 0.4) is 0 Å². The molecule has 0 spiro atoms. The number of nitrogen functional groups attached to an aromatic ring is 1. The molecule has 0 saturated carbocycles. The van der Waals surface area contributed by atoms with Crippen LogP contribution >= 0.6 is 45.9 Å². The Morgan fingerprint density at radius 1 is 0.947 bits per heavy atom. The molecule has 1 aliphatic rings. The van der Waals surface area contributed by atoms with Gasteiger partial charge in [-0.15, -0.1) is 0 Å². The van der Waals surface area contributed by atoms with Crippen LogP contribution in [0.25, 0.3) is 0 Å². The topological polar surface area (TPSA) is 148 Å². The first-order valence-electron chi connectivity index (χ1n) is 11.0. The molecule has 198 valence electrons. The van der Waals surface area contributed by atoms with Crippen molar-refractivity contribution in [2.45, 2.75) is 40.5 Å². The minimum absolute atomic E-state index is 0. The number of ether oxygens (including phenoxy) is 1. The number of hydrogen-bond acceptors (Lipinski definition) is 12. The number of nitrogens with zero attached hydrogens (tertiary/aromatic N) is 7. The van der Waals surface area contributed by atoms with Crippen molar-refractivity contribution in [2.75, 3.05) is 24.3 Å². The molecule has 0 atom stereocenters. The number of thiazole rings is 2. The molecule has 1 saturated heterocycles. The van der Waals surface area contributed by atoms with Crippen LogP contribution in [0.5, 0.6) is 0 Å². The van der Waals surface area contributed by atoms with Crippen LogP contribution in [0.15, 0.2) is 24.5 Å². The number of nitrogens with two attached hydrogens (primary N) is 1. The molecule has 3 N–H and O–H groups in total. The number of anilines is 3. The van der Waals surface area contributed by atoms with Crippen molar-refractivity contribution in [3.05, 3.63) is 61.2 Å². The summed E-state index contributed by atoms with van der Waals surface area (Å²) < 4.78 is 6.06. The Hall–Kier alpha value is -1.95. The van der Waals surface area contributed by atoms with Crippen LogP contribution in [-0.2, 0) is 4.74 Å². The van der Waals surface area contributed by atoms with Crippen molar-refractivity contribution < 1.29 is 35.7 Å². The summed E-state index contributed by atoms with van der Waals surface area (Å²) in [4.78, 5) is 24.7. The Labute approximate surface area is 263 Å². The average molecular weight is 605 g/mol. The van der Waals surface area contributed by atoms with E-state index < -0.39 is 0 Å². The van der Waals surface area contributed by atoms with Gasteiger partial charge in [-0.25, -0.2) is 29.9 Å².